The Hall–Kier alpha value is -2.56. The molecule has 0 aliphatic rings. The van der Waals surface area contributed by atoms with Crippen molar-refractivity contribution in [1.29, 1.82) is 0 Å². The Kier molecular flexibility index (Phi) is 3.02. The normalized spacial score (nSPS) is 10.9. The maximum absolute atomic E-state index is 5.93. The van der Waals surface area contributed by atoms with E-state index in [4.69, 9.17) is 5.73 Å². The first-order valence-corrected chi connectivity index (χ1v) is 6.50. The minimum Gasteiger partial charge on any atom is -0.385 e. The topological polar surface area (TPSA) is 70.8 Å². The van der Waals surface area contributed by atoms with Gasteiger partial charge in [-0.05, 0) is 12.5 Å². The molecule has 0 radical (unpaired) electrons. The number of aryl methyl sites for hydroxylation is 1. The highest BCUT2D eigenvalue weighted by Gasteiger charge is 2.14. The smallest absolute Gasteiger partial charge is 0.156 e. The molecule has 102 valence electrons. The van der Waals surface area contributed by atoms with Crippen LogP contribution < -0.4 is 10.6 Å². The van der Waals surface area contributed by atoms with E-state index in [9.17, 15) is 0 Å². The largest absolute Gasteiger partial charge is 0.385 e. The van der Waals surface area contributed by atoms with Gasteiger partial charge >= 0.3 is 0 Å². The van der Waals surface area contributed by atoms with Gasteiger partial charge in [0.05, 0.1) is 5.52 Å². The van der Waals surface area contributed by atoms with Gasteiger partial charge in [-0.3, -0.25) is 0 Å². The van der Waals surface area contributed by atoms with E-state index in [1.165, 1.54) is 5.56 Å². The van der Waals surface area contributed by atoms with Crippen molar-refractivity contribution in [2.45, 2.75) is 13.5 Å². The number of aromatic nitrogens is 3. The number of rotatable bonds is 3. The molecular formula is C15H17N5. The maximum atomic E-state index is 5.93. The summed E-state index contributed by atoms with van der Waals surface area (Å²) in [7, 11) is 2.02. The fourth-order valence-corrected chi connectivity index (χ4v) is 2.35. The monoisotopic (exact) mass is 267 g/mol. The Bertz CT molecular complexity index is 733. The fourth-order valence-electron chi connectivity index (χ4n) is 2.35. The highest BCUT2D eigenvalue weighted by Crippen LogP contribution is 2.27. The van der Waals surface area contributed by atoms with Gasteiger partial charge in [-0.1, -0.05) is 30.3 Å². The molecule has 3 aromatic rings. The van der Waals surface area contributed by atoms with Gasteiger partial charge in [-0.15, -0.1) is 0 Å². The summed E-state index contributed by atoms with van der Waals surface area (Å²) in [5.74, 6) is 1.51. The lowest BCUT2D eigenvalue weighted by Gasteiger charge is -2.18. The molecule has 0 unspecified atom stereocenters. The van der Waals surface area contributed by atoms with Crippen molar-refractivity contribution in [2.75, 3.05) is 17.7 Å². The van der Waals surface area contributed by atoms with Crippen LogP contribution in [0, 0.1) is 6.92 Å². The van der Waals surface area contributed by atoms with Crippen LogP contribution in [0.3, 0.4) is 0 Å². The minimum absolute atomic E-state index is 0.648. The van der Waals surface area contributed by atoms with Crippen LogP contribution in [0.1, 0.15) is 11.1 Å². The number of hydrogen-bond acceptors (Lipinski definition) is 4. The Morgan fingerprint density at radius 2 is 1.95 bits per heavy atom. The number of nitrogens with two attached hydrogens (primary N) is 1. The van der Waals surface area contributed by atoms with E-state index in [0.717, 1.165) is 29.0 Å². The van der Waals surface area contributed by atoms with Gasteiger partial charge in [-0.2, -0.15) is 0 Å². The number of nitrogens with zero attached hydrogens (tertiary/aromatic N) is 3. The number of benzene rings is 1. The molecule has 0 atom stereocenters. The lowest BCUT2D eigenvalue weighted by Crippen LogP contribution is -2.18. The zero-order chi connectivity index (χ0) is 14.1. The first kappa shape index (κ1) is 12.5. The van der Waals surface area contributed by atoms with Crippen molar-refractivity contribution in [1.82, 2.24) is 15.0 Å². The highest BCUT2D eigenvalue weighted by molar-refractivity contribution is 5.92. The molecule has 5 nitrogen and oxygen atoms in total. The lowest BCUT2D eigenvalue weighted by atomic mass is 10.2. The molecule has 5 heteroatoms. The van der Waals surface area contributed by atoms with Gasteiger partial charge in [0.1, 0.15) is 17.7 Å². The number of nitrogens with one attached hydrogen (secondary N) is 1. The van der Waals surface area contributed by atoms with E-state index in [1.54, 1.807) is 6.33 Å². The second kappa shape index (κ2) is 4.85. The summed E-state index contributed by atoms with van der Waals surface area (Å²) >= 11 is 0. The third-order valence-corrected chi connectivity index (χ3v) is 3.47. The van der Waals surface area contributed by atoms with Gasteiger partial charge in [0, 0.05) is 19.2 Å². The summed E-state index contributed by atoms with van der Waals surface area (Å²) in [6.07, 6.45) is 1.58. The first-order valence-electron chi connectivity index (χ1n) is 6.50. The highest BCUT2D eigenvalue weighted by atomic mass is 15.2. The van der Waals surface area contributed by atoms with Crippen LogP contribution in [0.25, 0.3) is 11.0 Å². The molecule has 20 heavy (non-hydrogen) atoms. The van der Waals surface area contributed by atoms with Crippen LogP contribution in [-0.4, -0.2) is 22.0 Å². The van der Waals surface area contributed by atoms with E-state index < -0.39 is 0 Å². The van der Waals surface area contributed by atoms with Gasteiger partial charge in [0.2, 0.25) is 0 Å². The number of hydrogen-bond donors (Lipinski definition) is 2. The van der Waals surface area contributed by atoms with E-state index in [0.29, 0.717) is 5.82 Å². The predicted molar refractivity (Wildman–Crippen MR) is 81.6 cm³/mol. The second-order valence-corrected chi connectivity index (χ2v) is 4.93. The van der Waals surface area contributed by atoms with Crippen LogP contribution in [0.15, 0.2) is 36.7 Å². The summed E-state index contributed by atoms with van der Waals surface area (Å²) in [5.41, 5.74) is 9.91. The summed E-state index contributed by atoms with van der Waals surface area (Å²) < 4.78 is 0. The third-order valence-electron chi connectivity index (χ3n) is 3.47. The molecule has 0 aliphatic carbocycles. The Morgan fingerprint density at radius 3 is 2.70 bits per heavy atom. The molecule has 0 aliphatic heterocycles. The molecule has 0 fully saturated rings. The first-order chi connectivity index (χ1) is 9.66. The summed E-state index contributed by atoms with van der Waals surface area (Å²) in [6.45, 7) is 2.74. The Balaban J connectivity index is 1.99. The van der Waals surface area contributed by atoms with E-state index >= 15 is 0 Å². The SMILES string of the molecule is Cc1c(N)[nH]c2c(N(C)Cc3ccccc3)ncnc12. The van der Waals surface area contributed by atoms with Crippen molar-refractivity contribution in [2.24, 2.45) is 0 Å². The van der Waals surface area contributed by atoms with Crippen LogP contribution >= 0.6 is 0 Å². The standard InChI is InChI=1S/C15H17N5/c1-10-12-13(19-14(10)16)15(18-9-17-12)20(2)8-11-6-4-3-5-7-11/h3-7,9,19H,8,16H2,1-2H3. The average molecular weight is 267 g/mol. The quantitative estimate of drug-likeness (QED) is 0.765. The zero-order valence-corrected chi connectivity index (χ0v) is 11.6. The van der Waals surface area contributed by atoms with Crippen molar-refractivity contribution in [3.05, 3.63) is 47.8 Å². The maximum Gasteiger partial charge on any atom is 0.156 e. The minimum atomic E-state index is 0.648. The zero-order valence-electron chi connectivity index (χ0n) is 11.6. The summed E-state index contributed by atoms with van der Waals surface area (Å²) in [6, 6.07) is 10.3. The summed E-state index contributed by atoms with van der Waals surface area (Å²) in [5, 5.41) is 0. The Morgan fingerprint density at radius 1 is 1.20 bits per heavy atom. The van der Waals surface area contributed by atoms with Crippen LogP contribution in [0.4, 0.5) is 11.6 Å². The van der Waals surface area contributed by atoms with E-state index in [1.807, 2.05) is 32.2 Å². The fraction of sp³-hybridized carbons (Fsp3) is 0.200. The molecule has 1 aromatic carbocycles. The molecule has 2 aromatic heterocycles. The lowest BCUT2D eigenvalue weighted by molar-refractivity contribution is 0.898. The van der Waals surface area contributed by atoms with Crippen LogP contribution in [0.5, 0.6) is 0 Å². The average Bonchev–Trinajstić information content (AvgIpc) is 2.75. The number of fused-ring (bicyclic) bond motifs is 1. The third kappa shape index (κ3) is 2.07. The van der Waals surface area contributed by atoms with Gasteiger partial charge in [0.15, 0.2) is 5.82 Å². The van der Waals surface area contributed by atoms with Crippen molar-refractivity contribution in [3.8, 4) is 0 Å². The van der Waals surface area contributed by atoms with Gasteiger partial charge in [0.25, 0.3) is 0 Å². The molecular weight excluding hydrogens is 250 g/mol. The van der Waals surface area contributed by atoms with Crippen molar-refractivity contribution < 1.29 is 0 Å². The number of aromatic amines is 1. The molecule has 0 amide bonds. The van der Waals surface area contributed by atoms with Gasteiger partial charge in [-0.25, -0.2) is 9.97 Å². The van der Waals surface area contributed by atoms with E-state index in [2.05, 4.69) is 32.0 Å². The molecule has 0 bridgehead atoms. The summed E-state index contributed by atoms with van der Waals surface area (Å²) in [4.78, 5) is 14.0. The number of nitrogen functional groups attached to an aromatic ring is 1. The molecule has 2 heterocycles. The Labute approximate surface area is 117 Å². The van der Waals surface area contributed by atoms with Crippen LogP contribution in [-0.2, 0) is 6.54 Å². The molecule has 0 saturated carbocycles. The van der Waals surface area contributed by atoms with Crippen molar-refractivity contribution in [3.63, 3.8) is 0 Å². The molecule has 0 saturated heterocycles. The van der Waals surface area contributed by atoms with Crippen molar-refractivity contribution >= 4 is 22.7 Å². The molecule has 3 N–H and O–H groups in total. The molecule has 0 spiro atoms. The number of H-pyrrole nitrogens is 1. The number of anilines is 2. The van der Waals surface area contributed by atoms with E-state index in [-0.39, 0.29) is 0 Å². The van der Waals surface area contributed by atoms with Crippen LogP contribution in [0.2, 0.25) is 0 Å². The second-order valence-electron chi connectivity index (χ2n) is 4.93. The predicted octanol–water partition coefficient (Wildman–Crippen LogP) is 2.48. The van der Waals surface area contributed by atoms with Gasteiger partial charge < -0.3 is 15.6 Å². The molecule has 3 rings (SSSR count).